The Labute approximate surface area is 213 Å². The van der Waals surface area contributed by atoms with Crippen molar-refractivity contribution in [3.63, 3.8) is 0 Å². The van der Waals surface area contributed by atoms with Gasteiger partial charge in [-0.25, -0.2) is 4.99 Å². The molecule has 2 fully saturated rings. The van der Waals surface area contributed by atoms with Crippen molar-refractivity contribution in [2.24, 2.45) is 4.99 Å². The van der Waals surface area contributed by atoms with Crippen molar-refractivity contribution in [1.29, 1.82) is 0 Å². The van der Waals surface area contributed by atoms with Crippen LogP contribution in [0.2, 0.25) is 0 Å². The molecule has 1 atom stereocenters. The van der Waals surface area contributed by atoms with Gasteiger partial charge < -0.3 is 19.3 Å². The number of hydrogen-bond acceptors (Lipinski definition) is 7. The Kier molecular flexibility index (Phi) is 8.83. The Morgan fingerprint density at radius 1 is 1.14 bits per heavy atom. The van der Waals surface area contributed by atoms with Gasteiger partial charge in [0.25, 0.3) is 0 Å². The summed E-state index contributed by atoms with van der Waals surface area (Å²) in [6, 6.07) is 6.02. The van der Waals surface area contributed by atoms with Crippen LogP contribution in [0.5, 0.6) is 5.75 Å². The molecule has 2 aliphatic heterocycles. The highest BCUT2D eigenvalue weighted by atomic mass is 16.6. The van der Waals surface area contributed by atoms with E-state index in [1.54, 1.807) is 6.92 Å². The summed E-state index contributed by atoms with van der Waals surface area (Å²) in [5.74, 6) is 1.14. The summed E-state index contributed by atoms with van der Waals surface area (Å²) in [5.41, 5.74) is 1.92. The summed E-state index contributed by atoms with van der Waals surface area (Å²) in [6.07, 6.45) is 9.04. The first-order valence-electron chi connectivity index (χ1n) is 13.3. The first-order valence-corrected chi connectivity index (χ1v) is 13.3. The van der Waals surface area contributed by atoms with Crippen molar-refractivity contribution in [2.45, 2.75) is 96.9 Å². The van der Waals surface area contributed by atoms with Crippen LogP contribution in [0.3, 0.4) is 0 Å². The number of nitrogens with one attached hydrogen (secondary N) is 1. The van der Waals surface area contributed by atoms with Crippen molar-refractivity contribution in [3.05, 3.63) is 23.8 Å². The van der Waals surface area contributed by atoms with Gasteiger partial charge in [0.05, 0.1) is 12.3 Å². The third-order valence-electron chi connectivity index (χ3n) is 7.06. The van der Waals surface area contributed by atoms with Gasteiger partial charge in [-0.3, -0.25) is 19.7 Å². The predicted octanol–water partition coefficient (Wildman–Crippen LogP) is 4.02. The van der Waals surface area contributed by atoms with Crippen molar-refractivity contribution in [1.82, 2.24) is 15.1 Å². The number of aliphatic imine (C=N–C) groups is 1. The summed E-state index contributed by atoms with van der Waals surface area (Å²) >= 11 is 0. The number of hydrogen-bond donors (Lipinski definition) is 1. The van der Waals surface area contributed by atoms with Crippen molar-refractivity contribution >= 4 is 29.4 Å². The van der Waals surface area contributed by atoms with E-state index >= 15 is 0 Å². The molecule has 0 radical (unpaired) electrons. The minimum atomic E-state index is -0.511. The fourth-order valence-electron chi connectivity index (χ4n) is 5.34. The molecule has 1 aromatic carbocycles. The topological polar surface area (TPSA) is 101 Å². The number of unbranched alkanes of at least 4 members (excludes halogenated alkanes) is 3. The van der Waals surface area contributed by atoms with E-state index in [0.717, 1.165) is 68.4 Å². The highest BCUT2D eigenvalue weighted by Gasteiger charge is 2.31. The molecule has 1 aromatic rings. The van der Waals surface area contributed by atoms with E-state index in [0.29, 0.717) is 32.1 Å². The smallest absolute Gasteiger partial charge is 0.304 e. The first-order chi connectivity index (χ1) is 17.4. The maximum Gasteiger partial charge on any atom is 0.304 e. The van der Waals surface area contributed by atoms with E-state index in [1.165, 1.54) is 13.3 Å². The van der Waals surface area contributed by atoms with Crippen molar-refractivity contribution in [2.75, 3.05) is 13.2 Å². The molecule has 0 aromatic heterocycles. The number of nitrogens with zero attached hydrogens (tertiary/aromatic N) is 3. The Hall–Kier alpha value is -3.10. The van der Waals surface area contributed by atoms with E-state index < -0.39 is 6.23 Å². The number of fused-ring (bicyclic) bond motifs is 2. The summed E-state index contributed by atoms with van der Waals surface area (Å²) < 4.78 is 11.3. The van der Waals surface area contributed by atoms with Crippen LogP contribution in [0.25, 0.3) is 0 Å². The molecule has 3 aliphatic rings. The first kappa shape index (κ1) is 26.0. The molecule has 1 aliphatic carbocycles. The SMILES string of the molecule is CC(=O)OC(C)N(C(=O)CCCCCCOc1ccc2c(c1)CN1CC(=O)NC1=N2)C1CCCCC1. The number of esters is 1. The largest absolute Gasteiger partial charge is 0.494 e. The van der Waals surface area contributed by atoms with Crippen LogP contribution < -0.4 is 10.1 Å². The molecule has 2 amide bonds. The molecule has 1 saturated heterocycles. The van der Waals surface area contributed by atoms with Crippen LogP contribution in [-0.4, -0.2) is 59.0 Å². The van der Waals surface area contributed by atoms with Gasteiger partial charge in [0.2, 0.25) is 17.8 Å². The maximum absolute atomic E-state index is 13.0. The molecule has 1 unspecified atom stereocenters. The van der Waals surface area contributed by atoms with Crippen LogP contribution in [0, 0.1) is 0 Å². The monoisotopic (exact) mass is 498 g/mol. The van der Waals surface area contributed by atoms with E-state index in [1.807, 2.05) is 28.0 Å². The highest BCUT2D eigenvalue weighted by Crippen LogP contribution is 2.30. The summed E-state index contributed by atoms with van der Waals surface area (Å²) in [4.78, 5) is 44.3. The zero-order valence-electron chi connectivity index (χ0n) is 21.5. The minimum Gasteiger partial charge on any atom is -0.494 e. The average Bonchev–Trinajstić information content (AvgIpc) is 3.20. The van der Waals surface area contributed by atoms with Gasteiger partial charge in [-0.2, -0.15) is 0 Å². The standard InChI is InChI=1S/C27H38N4O5/c1-19(36-20(2)32)31(22-10-6-5-7-11-22)26(34)12-8-3-4-9-15-35-23-13-14-24-21(16-23)17-30-18-25(33)29-27(30)28-24/h13-14,16,19,22H,3-12,15,17-18H2,1-2H3,(H,28,29,33). The van der Waals surface area contributed by atoms with Crippen LogP contribution in [-0.2, 0) is 25.7 Å². The number of carbonyl (C=O) groups excluding carboxylic acids is 3. The van der Waals surface area contributed by atoms with Gasteiger partial charge in [-0.1, -0.05) is 32.1 Å². The lowest BCUT2D eigenvalue weighted by molar-refractivity contribution is -0.165. The second kappa shape index (κ2) is 12.2. The third-order valence-corrected chi connectivity index (χ3v) is 7.06. The van der Waals surface area contributed by atoms with Gasteiger partial charge in [-0.15, -0.1) is 0 Å². The van der Waals surface area contributed by atoms with E-state index in [2.05, 4.69) is 10.3 Å². The summed E-state index contributed by atoms with van der Waals surface area (Å²) in [6.45, 7) is 4.80. The number of carbonyl (C=O) groups is 3. The number of guanidine groups is 1. The Morgan fingerprint density at radius 3 is 2.69 bits per heavy atom. The summed E-state index contributed by atoms with van der Waals surface area (Å²) in [7, 11) is 0. The molecule has 196 valence electrons. The Morgan fingerprint density at radius 2 is 1.92 bits per heavy atom. The molecule has 4 rings (SSSR count). The van der Waals surface area contributed by atoms with E-state index in [-0.39, 0.29) is 23.8 Å². The number of ether oxygens (including phenoxy) is 2. The van der Waals surface area contributed by atoms with E-state index in [9.17, 15) is 14.4 Å². The van der Waals surface area contributed by atoms with Gasteiger partial charge in [-0.05, 0) is 50.8 Å². The van der Waals surface area contributed by atoms with Gasteiger partial charge in [0, 0.05) is 31.5 Å². The lowest BCUT2D eigenvalue weighted by Gasteiger charge is -2.38. The van der Waals surface area contributed by atoms with E-state index in [4.69, 9.17) is 9.47 Å². The number of benzene rings is 1. The minimum absolute atomic E-state index is 0.0275. The summed E-state index contributed by atoms with van der Waals surface area (Å²) in [5, 5.41) is 2.77. The molecule has 0 spiro atoms. The molecular formula is C27H38N4O5. The van der Waals surface area contributed by atoms with Crippen LogP contribution in [0.4, 0.5) is 5.69 Å². The van der Waals surface area contributed by atoms with Crippen LogP contribution >= 0.6 is 0 Å². The lowest BCUT2D eigenvalue weighted by Crippen LogP contribution is -2.48. The van der Waals surface area contributed by atoms with Crippen molar-refractivity contribution in [3.8, 4) is 5.75 Å². The second-order valence-electron chi connectivity index (χ2n) is 9.94. The maximum atomic E-state index is 13.0. The Balaban J connectivity index is 1.16. The molecule has 0 bridgehead atoms. The van der Waals surface area contributed by atoms with Crippen LogP contribution in [0.1, 0.15) is 83.6 Å². The highest BCUT2D eigenvalue weighted by molar-refractivity contribution is 6.05. The quantitative estimate of drug-likeness (QED) is 0.281. The van der Waals surface area contributed by atoms with Gasteiger partial charge >= 0.3 is 5.97 Å². The molecule has 9 heteroatoms. The predicted molar refractivity (Wildman–Crippen MR) is 136 cm³/mol. The number of amides is 2. The molecular weight excluding hydrogens is 460 g/mol. The zero-order chi connectivity index (χ0) is 25.5. The van der Waals surface area contributed by atoms with Crippen molar-refractivity contribution < 1.29 is 23.9 Å². The normalized spacial score (nSPS) is 18.0. The number of rotatable bonds is 11. The molecule has 1 N–H and O–H groups in total. The fourth-order valence-corrected chi connectivity index (χ4v) is 5.34. The Bertz CT molecular complexity index is 988. The molecule has 36 heavy (non-hydrogen) atoms. The molecule has 9 nitrogen and oxygen atoms in total. The van der Waals surface area contributed by atoms with Crippen LogP contribution in [0.15, 0.2) is 23.2 Å². The van der Waals surface area contributed by atoms with Gasteiger partial charge in [0.15, 0.2) is 6.23 Å². The zero-order valence-corrected chi connectivity index (χ0v) is 21.5. The second-order valence-corrected chi connectivity index (χ2v) is 9.94. The average molecular weight is 499 g/mol. The molecule has 2 heterocycles. The fraction of sp³-hybridized carbons (Fsp3) is 0.630. The lowest BCUT2D eigenvalue weighted by atomic mass is 9.93. The third kappa shape index (κ3) is 6.77. The van der Waals surface area contributed by atoms with Gasteiger partial charge in [0.1, 0.15) is 12.3 Å². The molecule has 1 saturated carbocycles.